The number of carbonyl (C=O) groups excluding carboxylic acids is 2. The molecule has 13 heteroatoms. The van der Waals surface area contributed by atoms with Crippen molar-refractivity contribution in [3.05, 3.63) is 71.2 Å². The Balaban J connectivity index is 1.76. The molecule has 2 aliphatic heterocycles. The number of aliphatic imine (C=N–C) groups is 1. The number of nitrogens with one attached hydrogen (secondary N) is 2. The highest BCUT2D eigenvalue weighted by Gasteiger charge is 2.48. The molecule has 2 atom stereocenters. The van der Waals surface area contributed by atoms with Crippen molar-refractivity contribution < 1.29 is 37.0 Å². The third-order valence-electron chi connectivity index (χ3n) is 6.85. The van der Waals surface area contributed by atoms with E-state index in [0.717, 1.165) is 29.0 Å². The van der Waals surface area contributed by atoms with Crippen LogP contribution in [-0.2, 0) is 20.4 Å². The first-order valence-corrected chi connectivity index (χ1v) is 13.0. The van der Waals surface area contributed by atoms with Gasteiger partial charge in [0.1, 0.15) is 6.10 Å². The van der Waals surface area contributed by atoms with Gasteiger partial charge in [-0.2, -0.15) is 13.2 Å². The zero-order valence-corrected chi connectivity index (χ0v) is 23.0. The predicted molar refractivity (Wildman–Crippen MR) is 144 cm³/mol. The molecule has 0 spiro atoms. The third-order valence-corrected chi connectivity index (χ3v) is 6.85. The molecule has 0 aliphatic carbocycles. The van der Waals surface area contributed by atoms with E-state index >= 15 is 0 Å². The second kappa shape index (κ2) is 12.7. The molecule has 1 aromatic carbocycles. The third kappa shape index (κ3) is 7.03. The molecule has 0 bridgehead atoms. The van der Waals surface area contributed by atoms with Gasteiger partial charge < -0.3 is 24.8 Å². The summed E-state index contributed by atoms with van der Waals surface area (Å²) in [7, 11) is 1.24. The van der Waals surface area contributed by atoms with E-state index in [1.807, 2.05) is 17.9 Å². The average Bonchev–Trinajstić information content (AvgIpc) is 2.97. The van der Waals surface area contributed by atoms with Crippen molar-refractivity contribution in [1.82, 2.24) is 20.5 Å². The molecular formula is C28H32F3N5O5. The van der Waals surface area contributed by atoms with E-state index in [-0.39, 0.29) is 24.4 Å². The molecule has 3 heterocycles. The summed E-state index contributed by atoms with van der Waals surface area (Å²) < 4.78 is 56.8. The van der Waals surface area contributed by atoms with Crippen LogP contribution in [0, 0.1) is 6.92 Å². The van der Waals surface area contributed by atoms with Gasteiger partial charge in [-0.1, -0.05) is 12.1 Å². The number of morpholine rings is 1. The number of aromatic nitrogens is 1. The normalized spacial score (nSPS) is 20.3. The Bertz CT molecular complexity index is 1330. The zero-order chi connectivity index (χ0) is 29.6. The number of ether oxygens (including phenoxy) is 3. The number of carbonyl (C=O) groups is 2. The Morgan fingerprint density at radius 2 is 1.95 bits per heavy atom. The van der Waals surface area contributed by atoms with E-state index in [0.29, 0.717) is 26.3 Å². The van der Waals surface area contributed by atoms with E-state index in [1.165, 1.54) is 19.2 Å². The van der Waals surface area contributed by atoms with Gasteiger partial charge in [0.15, 0.2) is 5.66 Å². The summed E-state index contributed by atoms with van der Waals surface area (Å²) in [4.78, 5) is 36.3. The van der Waals surface area contributed by atoms with E-state index in [9.17, 15) is 22.8 Å². The fourth-order valence-corrected chi connectivity index (χ4v) is 4.75. The van der Waals surface area contributed by atoms with Crippen LogP contribution in [0.5, 0.6) is 0 Å². The number of benzene rings is 1. The molecule has 4 rings (SSSR count). The standard InChI is InChI=1S/C28H32F3N5O5/c1-18(16-34-26(38)39-3)41-25-27(36-10-12-40-13-11-36,15-21(17-33-25)23-8-5-9-32-19(23)2)35-24(37)20-6-4-7-22(14-20)28(29,30)31/h4-9,14,17-18H,10-13,15-16H2,1-3H3,(H,34,38)(H,35,37). The lowest BCUT2D eigenvalue weighted by Gasteiger charge is -2.47. The van der Waals surface area contributed by atoms with Gasteiger partial charge in [0, 0.05) is 48.7 Å². The second-order valence-electron chi connectivity index (χ2n) is 9.70. The molecule has 2 unspecified atom stereocenters. The fourth-order valence-electron chi connectivity index (χ4n) is 4.75. The number of methoxy groups -OCH3 is 1. The summed E-state index contributed by atoms with van der Waals surface area (Å²) in [5.41, 5.74) is -0.190. The highest BCUT2D eigenvalue weighted by atomic mass is 19.4. The second-order valence-corrected chi connectivity index (χ2v) is 9.70. The quantitative estimate of drug-likeness (QED) is 0.517. The van der Waals surface area contributed by atoms with E-state index in [2.05, 4.69) is 25.3 Å². The first-order valence-electron chi connectivity index (χ1n) is 13.0. The van der Waals surface area contributed by atoms with Crippen molar-refractivity contribution in [2.45, 2.75) is 38.2 Å². The van der Waals surface area contributed by atoms with Gasteiger partial charge in [-0.05, 0) is 43.7 Å². The number of rotatable bonds is 7. The van der Waals surface area contributed by atoms with Crippen molar-refractivity contribution in [2.75, 3.05) is 40.0 Å². The van der Waals surface area contributed by atoms with Crippen LogP contribution in [0.15, 0.2) is 53.8 Å². The Kier molecular flexibility index (Phi) is 9.28. The molecule has 0 saturated carbocycles. The highest BCUT2D eigenvalue weighted by molar-refractivity contribution is 6.01. The minimum atomic E-state index is -4.62. The number of alkyl halides is 3. The van der Waals surface area contributed by atoms with Crippen LogP contribution in [0.4, 0.5) is 18.0 Å². The number of halogens is 3. The number of amides is 2. The van der Waals surface area contributed by atoms with Gasteiger partial charge in [0.2, 0.25) is 5.90 Å². The molecule has 2 aromatic rings. The lowest BCUT2D eigenvalue weighted by Crippen LogP contribution is -2.69. The molecule has 2 amide bonds. The number of pyridine rings is 1. The van der Waals surface area contributed by atoms with Crippen LogP contribution in [0.25, 0.3) is 5.57 Å². The van der Waals surface area contributed by atoms with Gasteiger partial charge in [-0.3, -0.25) is 14.7 Å². The summed E-state index contributed by atoms with van der Waals surface area (Å²) in [6.45, 7) is 5.13. The van der Waals surface area contributed by atoms with Gasteiger partial charge in [0.05, 0.1) is 32.4 Å². The van der Waals surface area contributed by atoms with E-state index in [1.54, 1.807) is 25.4 Å². The van der Waals surface area contributed by atoms with Crippen molar-refractivity contribution in [2.24, 2.45) is 4.99 Å². The predicted octanol–water partition coefficient (Wildman–Crippen LogP) is 3.77. The van der Waals surface area contributed by atoms with Gasteiger partial charge in [-0.15, -0.1) is 0 Å². The minimum Gasteiger partial charge on any atom is -0.473 e. The molecule has 1 saturated heterocycles. The smallest absolute Gasteiger partial charge is 0.416 e. The van der Waals surface area contributed by atoms with Crippen LogP contribution >= 0.6 is 0 Å². The number of hydrogen-bond acceptors (Lipinski definition) is 8. The summed E-state index contributed by atoms with van der Waals surface area (Å²) in [5, 5.41) is 5.55. The average molecular weight is 576 g/mol. The van der Waals surface area contributed by atoms with E-state index in [4.69, 9.17) is 9.47 Å². The molecule has 1 fully saturated rings. The van der Waals surface area contributed by atoms with Crippen LogP contribution < -0.4 is 10.6 Å². The summed E-state index contributed by atoms with van der Waals surface area (Å²) in [6, 6.07) is 7.91. The summed E-state index contributed by atoms with van der Waals surface area (Å²) in [6.07, 6.45) is -2.38. The number of hydrogen-bond donors (Lipinski definition) is 2. The number of aryl methyl sites for hydroxylation is 1. The molecule has 1 aromatic heterocycles. The molecule has 41 heavy (non-hydrogen) atoms. The summed E-state index contributed by atoms with van der Waals surface area (Å²) >= 11 is 0. The van der Waals surface area contributed by atoms with Crippen LogP contribution in [0.3, 0.4) is 0 Å². The lowest BCUT2D eigenvalue weighted by atomic mass is 9.89. The van der Waals surface area contributed by atoms with Gasteiger partial charge >= 0.3 is 12.3 Å². The fraction of sp³-hybridized carbons (Fsp3) is 0.429. The van der Waals surface area contributed by atoms with Crippen molar-refractivity contribution in [3.8, 4) is 0 Å². The zero-order valence-electron chi connectivity index (χ0n) is 23.0. The number of nitrogens with zero attached hydrogens (tertiary/aromatic N) is 3. The Morgan fingerprint density at radius 3 is 2.63 bits per heavy atom. The molecule has 2 aliphatic rings. The van der Waals surface area contributed by atoms with Gasteiger partial charge in [0.25, 0.3) is 5.91 Å². The lowest BCUT2D eigenvalue weighted by molar-refractivity contribution is -0.137. The Labute approximate surface area is 235 Å². The Hall–Kier alpha value is -3.97. The van der Waals surface area contributed by atoms with Gasteiger partial charge in [-0.25, -0.2) is 9.79 Å². The van der Waals surface area contributed by atoms with Crippen LogP contribution in [-0.4, -0.2) is 79.5 Å². The largest absolute Gasteiger partial charge is 0.473 e. The topological polar surface area (TPSA) is 114 Å². The molecular weight excluding hydrogens is 543 g/mol. The first kappa shape index (κ1) is 30.0. The molecule has 220 valence electrons. The van der Waals surface area contributed by atoms with Crippen molar-refractivity contribution in [1.29, 1.82) is 0 Å². The Morgan fingerprint density at radius 1 is 1.20 bits per heavy atom. The SMILES string of the molecule is COC(=O)NCC(C)OC1=NC=C(c2cccnc2C)CC1(NC(=O)c1cccc(C(F)(F)F)c1)N1CCOCC1. The van der Waals surface area contributed by atoms with Crippen molar-refractivity contribution >= 4 is 23.5 Å². The number of alkyl carbamates (subject to hydrolysis) is 1. The molecule has 0 radical (unpaired) electrons. The maximum Gasteiger partial charge on any atom is 0.416 e. The molecule has 10 nitrogen and oxygen atoms in total. The maximum absolute atomic E-state index is 13.7. The molecule has 2 N–H and O–H groups in total. The summed E-state index contributed by atoms with van der Waals surface area (Å²) in [5.74, 6) is -0.604. The van der Waals surface area contributed by atoms with Crippen molar-refractivity contribution in [3.63, 3.8) is 0 Å². The monoisotopic (exact) mass is 575 g/mol. The highest BCUT2D eigenvalue weighted by Crippen LogP contribution is 2.36. The van der Waals surface area contributed by atoms with Crippen LogP contribution in [0.2, 0.25) is 0 Å². The first-order chi connectivity index (χ1) is 19.5. The van der Waals surface area contributed by atoms with Crippen LogP contribution in [0.1, 0.15) is 40.5 Å². The maximum atomic E-state index is 13.7. The minimum absolute atomic E-state index is 0.0742. The van der Waals surface area contributed by atoms with E-state index < -0.39 is 35.5 Å².